The van der Waals surface area contributed by atoms with Gasteiger partial charge in [0.1, 0.15) is 5.75 Å². The molecule has 1 aliphatic rings. The van der Waals surface area contributed by atoms with Crippen molar-refractivity contribution in [2.24, 2.45) is 0 Å². The smallest absolute Gasteiger partial charge is 0.261 e. The van der Waals surface area contributed by atoms with Crippen molar-refractivity contribution in [2.45, 2.75) is 51.7 Å². The molecule has 0 saturated heterocycles. The Morgan fingerprint density at radius 3 is 2.46 bits per heavy atom. The largest absolute Gasteiger partial charge is 0.481 e. The van der Waals surface area contributed by atoms with E-state index in [2.05, 4.69) is 29.6 Å². The van der Waals surface area contributed by atoms with Gasteiger partial charge in [0.2, 0.25) is 0 Å². The van der Waals surface area contributed by atoms with Crippen LogP contribution in [0, 0.1) is 11.3 Å². The molecule has 134 valence electrons. The summed E-state index contributed by atoms with van der Waals surface area (Å²) in [4.78, 5) is 12.5. The van der Waals surface area contributed by atoms with Crippen LogP contribution in [0.5, 0.6) is 5.75 Å². The Labute approximate surface area is 154 Å². The lowest BCUT2D eigenvalue weighted by molar-refractivity contribution is -0.127. The molecule has 3 rings (SSSR count). The summed E-state index contributed by atoms with van der Waals surface area (Å²) in [5.74, 6) is 0.424. The van der Waals surface area contributed by atoms with Crippen LogP contribution in [-0.4, -0.2) is 12.0 Å². The molecule has 1 N–H and O–H groups in total. The van der Waals surface area contributed by atoms with Gasteiger partial charge in [-0.1, -0.05) is 18.2 Å². The van der Waals surface area contributed by atoms with E-state index < -0.39 is 6.10 Å². The van der Waals surface area contributed by atoms with Gasteiger partial charge in [0.05, 0.1) is 17.7 Å². The predicted molar refractivity (Wildman–Crippen MR) is 101 cm³/mol. The average molecular weight is 348 g/mol. The summed E-state index contributed by atoms with van der Waals surface area (Å²) >= 11 is 0. The molecule has 4 heteroatoms. The molecule has 2 atom stereocenters. The number of hydrogen-bond donors (Lipinski definition) is 1. The molecule has 1 aliphatic carbocycles. The van der Waals surface area contributed by atoms with Crippen molar-refractivity contribution >= 4 is 5.91 Å². The summed E-state index contributed by atoms with van der Waals surface area (Å²) in [5, 5.41) is 11.9. The highest BCUT2D eigenvalue weighted by molar-refractivity contribution is 5.81. The van der Waals surface area contributed by atoms with E-state index in [9.17, 15) is 4.79 Å². The number of carbonyl (C=O) groups excluding carboxylic acids is 1. The van der Waals surface area contributed by atoms with E-state index in [1.165, 1.54) is 24.0 Å². The number of ether oxygens (including phenoxy) is 1. The molecule has 0 fully saturated rings. The second-order valence-corrected chi connectivity index (χ2v) is 6.86. The third kappa shape index (κ3) is 4.23. The molecule has 2 aromatic carbocycles. The van der Waals surface area contributed by atoms with Crippen LogP contribution < -0.4 is 10.1 Å². The highest BCUT2D eigenvalue weighted by atomic mass is 16.5. The van der Waals surface area contributed by atoms with Gasteiger partial charge in [-0.25, -0.2) is 0 Å². The van der Waals surface area contributed by atoms with Crippen molar-refractivity contribution in [1.82, 2.24) is 5.32 Å². The first-order valence-electron chi connectivity index (χ1n) is 9.15. The quantitative estimate of drug-likeness (QED) is 0.885. The van der Waals surface area contributed by atoms with E-state index in [0.29, 0.717) is 11.3 Å². The zero-order valence-corrected chi connectivity index (χ0v) is 15.3. The molecule has 26 heavy (non-hydrogen) atoms. The van der Waals surface area contributed by atoms with Crippen molar-refractivity contribution < 1.29 is 9.53 Å². The maximum Gasteiger partial charge on any atom is 0.261 e. The number of amides is 1. The number of aryl methyl sites for hydroxylation is 2. The van der Waals surface area contributed by atoms with Gasteiger partial charge in [-0.3, -0.25) is 4.79 Å². The van der Waals surface area contributed by atoms with Crippen LogP contribution in [0.1, 0.15) is 55.0 Å². The molecule has 0 heterocycles. The minimum absolute atomic E-state index is 0.0678. The third-order valence-corrected chi connectivity index (χ3v) is 4.90. The van der Waals surface area contributed by atoms with Crippen molar-refractivity contribution in [2.75, 3.05) is 0 Å². The van der Waals surface area contributed by atoms with E-state index in [1.807, 2.05) is 6.92 Å². The highest BCUT2D eigenvalue weighted by Gasteiger charge is 2.19. The molecule has 4 nitrogen and oxygen atoms in total. The Morgan fingerprint density at radius 2 is 1.77 bits per heavy atom. The predicted octanol–water partition coefficient (Wildman–Crippen LogP) is 4.08. The number of fused-ring (bicyclic) bond motifs is 1. The second-order valence-electron chi connectivity index (χ2n) is 6.86. The normalized spacial score (nSPS) is 15.3. The summed E-state index contributed by atoms with van der Waals surface area (Å²) in [6.07, 6.45) is 4.19. The second kappa shape index (κ2) is 8.05. The highest BCUT2D eigenvalue weighted by Crippen LogP contribution is 2.25. The molecule has 2 unspecified atom stereocenters. The van der Waals surface area contributed by atoms with Crippen LogP contribution in [0.15, 0.2) is 42.5 Å². The average Bonchev–Trinajstić information content (AvgIpc) is 2.68. The number of benzene rings is 2. The Morgan fingerprint density at radius 1 is 1.08 bits per heavy atom. The van der Waals surface area contributed by atoms with Gasteiger partial charge in [-0.15, -0.1) is 0 Å². The van der Waals surface area contributed by atoms with Gasteiger partial charge in [0, 0.05) is 0 Å². The van der Waals surface area contributed by atoms with Crippen LogP contribution in [0.4, 0.5) is 0 Å². The standard InChI is InChI=1S/C22H24N2O2/c1-15(19-10-9-18-5-3-4-6-20(18)13-19)24-22(25)16(2)26-21-11-7-17(14-23)8-12-21/h7-13,15-16H,3-6H2,1-2H3,(H,24,25). The van der Waals surface area contributed by atoms with Gasteiger partial charge >= 0.3 is 0 Å². The number of carbonyl (C=O) groups is 1. The topological polar surface area (TPSA) is 62.1 Å². The van der Waals surface area contributed by atoms with Crippen LogP contribution in [-0.2, 0) is 17.6 Å². The Balaban J connectivity index is 1.60. The number of nitrogens with one attached hydrogen (secondary N) is 1. The van der Waals surface area contributed by atoms with E-state index in [1.54, 1.807) is 31.2 Å². The lowest BCUT2D eigenvalue weighted by atomic mass is 9.89. The zero-order valence-electron chi connectivity index (χ0n) is 15.3. The minimum Gasteiger partial charge on any atom is -0.481 e. The first-order chi connectivity index (χ1) is 12.6. The van der Waals surface area contributed by atoms with E-state index >= 15 is 0 Å². The van der Waals surface area contributed by atoms with Crippen molar-refractivity contribution in [3.05, 3.63) is 64.7 Å². The number of nitrogens with zero attached hydrogens (tertiary/aromatic N) is 1. The van der Waals surface area contributed by atoms with Crippen LogP contribution in [0.3, 0.4) is 0 Å². The van der Waals surface area contributed by atoms with Crippen molar-refractivity contribution in [1.29, 1.82) is 5.26 Å². The summed E-state index contributed by atoms with van der Waals surface area (Å²) in [6.45, 7) is 3.73. The Bertz CT molecular complexity index is 821. The molecule has 2 aromatic rings. The number of hydrogen-bond acceptors (Lipinski definition) is 3. The van der Waals surface area contributed by atoms with E-state index in [-0.39, 0.29) is 11.9 Å². The maximum atomic E-state index is 12.5. The molecular formula is C22H24N2O2. The molecule has 0 saturated carbocycles. The SMILES string of the molecule is CC(Oc1ccc(C#N)cc1)C(=O)NC(C)c1ccc2c(c1)CCCC2. The summed E-state index contributed by atoms with van der Waals surface area (Å²) in [6, 6.07) is 15.3. The third-order valence-electron chi connectivity index (χ3n) is 4.90. The van der Waals surface area contributed by atoms with Crippen molar-refractivity contribution in [3.63, 3.8) is 0 Å². The van der Waals surface area contributed by atoms with Gasteiger partial charge in [-0.05, 0) is 80.5 Å². The van der Waals surface area contributed by atoms with Crippen LogP contribution >= 0.6 is 0 Å². The zero-order chi connectivity index (χ0) is 18.5. The molecule has 0 radical (unpaired) electrons. The first-order valence-corrected chi connectivity index (χ1v) is 9.15. The molecule has 1 amide bonds. The van der Waals surface area contributed by atoms with Crippen LogP contribution in [0.25, 0.3) is 0 Å². The molecule has 0 bridgehead atoms. The number of nitriles is 1. The Kier molecular flexibility index (Phi) is 5.58. The minimum atomic E-state index is -0.608. The summed E-state index contributed by atoms with van der Waals surface area (Å²) < 4.78 is 5.68. The van der Waals surface area contributed by atoms with Crippen molar-refractivity contribution in [3.8, 4) is 11.8 Å². The molecule has 0 aliphatic heterocycles. The van der Waals surface area contributed by atoms with Crippen LogP contribution in [0.2, 0.25) is 0 Å². The Hall–Kier alpha value is -2.80. The fourth-order valence-corrected chi connectivity index (χ4v) is 3.30. The molecule has 0 spiro atoms. The molecular weight excluding hydrogens is 324 g/mol. The monoisotopic (exact) mass is 348 g/mol. The fourth-order valence-electron chi connectivity index (χ4n) is 3.30. The first kappa shape index (κ1) is 18.0. The van der Waals surface area contributed by atoms with Gasteiger partial charge in [0.15, 0.2) is 6.10 Å². The summed E-state index contributed by atoms with van der Waals surface area (Å²) in [7, 11) is 0. The maximum absolute atomic E-state index is 12.5. The van der Waals surface area contributed by atoms with Gasteiger partial charge < -0.3 is 10.1 Å². The lowest BCUT2D eigenvalue weighted by Gasteiger charge is -2.21. The lowest BCUT2D eigenvalue weighted by Crippen LogP contribution is -2.37. The van der Waals surface area contributed by atoms with E-state index in [0.717, 1.165) is 18.4 Å². The fraction of sp³-hybridized carbons (Fsp3) is 0.364. The number of rotatable bonds is 5. The molecule has 0 aromatic heterocycles. The van der Waals surface area contributed by atoms with E-state index in [4.69, 9.17) is 10.00 Å². The van der Waals surface area contributed by atoms with Gasteiger partial charge in [-0.2, -0.15) is 5.26 Å². The van der Waals surface area contributed by atoms with Gasteiger partial charge in [0.25, 0.3) is 5.91 Å². The summed E-state index contributed by atoms with van der Waals surface area (Å²) in [5.41, 5.74) is 4.55.